The van der Waals surface area contributed by atoms with Gasteiger partial charge in [0.1, 0.15) is 17.5 Å². The molecule has 1 aliphatic heterocycles. The van der Waals surface area contributed by atoms with Crippen molar-refractivity contribution in [3.8, 4) is 0 Å². The van der Waals surface area contributed by atoms with E-state index in [1.807, 2.05) is 6.92 Å². The Kier molecular flexibility index (Phi) is 5.14. The minimum atomic E-state index is 0.572. The molecule has 6 nitrogen and oxygen atoms in total. The third kappa shape index (κ3) is 3.19. The average molecular weight is 279 g/mol. The zero-order valence-corrected chi connectivity index (χ0v) is 12.6. The maximum absolute atomic E-state index is 5.57. The van der Waals surface area contributed by atoms with Crippen molar-refractivity contribution in [3.63, 3.8) is 0 Å². The molecule has 20 heavy (non-hydrogen) atoms. The Labute approximate surface area is 120 Å². The van der Waals surface area contributed by atoms with E-state index in [0.717, 1.165) is 49.1 Å². The summed E-state index contributed by atoms with van der Waals surface area (Å²) in [4.78, 5) is 11.5. The third-order valence-corrected chi connectivity index (χ3v) is 3.84. The summed E-state index contributed by atoms with van der Waals surface area (Å²) >= 11 is 0. The Bertz CT molecular complexity index is 449. The molecular weight excluding hydrogens is 254 g/mol. The first-order valence-corrected chi connectivity index (χ1v) is 7.27. The van der Waals surface area contributed by atoms with E-state index >= 15 is 0 Å². The normalized spacial score (nSPS) is 19.2. The number of rotatable bonds is 5. The van der Waals surface area contributed by atoms with Crippen LogP contribution in [0.15, 0.2) is 0 Å². The summed E-state index contributed by atoms with van der Waals surface area (Å²) in [7, 11) is 1.76. The molecule has 1 aromatic rings. The molecule has 1 aromatic heterocycles. The second kappa shape index (κ2) is 6.85. The van der Waals surface area contributed by atoms with Gasteiger partial charge >= 0.3 is 0 Å². The first-order valence-electron chi connectivity index (χ1n) is 7.27. The summed E-state index contributed by atoms with van der Waals surface area (Å²) in [6.45, 7) is 6.90. The lowest BCUT2D eigenvalue weighted by Crippen LogP contribution is -2.38. The van der Waals surface area contributed by atoms with Gasteiger partial charge in [-0.15, -0.1) is 0 Å². The van der Waals surface area contributed by atoms with Gasteiger partial charge in [-0.25, -0.2) is 15.8 Å². The number of aromatic nitrogens is 2. The highest BCUT2D eigenvalue weighted by Gasteiger charge is 2.23. The van der Waals surface area contributed by atoms with Crippen LogP contribution in [0.4, 0.5) is 11.6 Å². The van der Waals surface area contributed by atoms with Crippen molar-refractivity contribution in [2.24, 2.45) is 11.8 Å². The topological polar surface area (TPSA) is 76.3 Å². The molecule has 112 valence electrons. The van der Waals surface area contributed by atoms with Crippen LogP contribution in [0.5, 0.6) is 0 Å². The number of hydrogen-bond acceptors (Lipinski definition) is 6. The molecule has 6 heteroatoms. The van der Waals surface area contributed by atoms with E-state index in [2.05, 4.69) is 22.2 Å². The molecule has 2 rings (SSSR count). The quantitative estimate of drug-likeness (QED) is 0.628. The van der Waals surface area contributed by atoms with Gasteiger partial charge in [-0.3, -0.25) is 0 Å². The molecule has 1 atom stereocenters. The fraction of sp³-hybridized carbons (Fsp3) is 0.714. The van der Waals surface area contributed by atoms with Crippen LogP contribution in [0.2, 0.25) is 0 Å². The van der Waals surface area contributed by atoms with Gasteiger partial charge in [-0.1, -0.05) is 6.92 Å². The fourth-order valence-corrected chi connectivity index (χ4v) is 2.79. The highest BCUT2D eigenvalue weighted by atomic mass is 16.5. The Morgan fingerprint density at radius 1 is 1.45 bits per heavy atom. The van der Waals surface area contributed by atoms with Crippen LogP contribution >= 0.6 is 0 Å². The van der Waals surface area contributed by atoms with Gasteiger partial charge in [0.25, 0.3) is 0 Å². The minimum absolute atomic E-state index is 0.572. The predicted octanol–water partition coefficient (Wildman–Crippen LogP) is 1.50. The van der Waals surface area contributed by atoms with E-state index in [4.69, 9.17) is 15.6 Å². The molecule has 3 N–H and O–H groups in total. The number of hydrogen-bond donors (Lipinski definition) is 2. The zero-order chi connectivity index (χ0) is 14.5. The van der Waals surface area contributed by atoms with Crippen molar-refractivity contribution in [3.05, 3.63) is 11.4 Å². The molecule has 0 aromatic carbocycles. The van der Waals surface area contributed by atoms with E-state index < -0.39 is 0 Å². The summed E-state index contributed by atoms with van der Waals surface area (Å²) in [5.41, 5.74) is 3.70. The second-order valence-electron chi connectivity index (χ2n) is 5.34. The average Bonchev–Trinajstić information content (AvgIpc) is 2.48. The molecule has 0 bridgehead atoms. The number of aryl methyl sites for hydroxylation is 1. The molecular formula is C14H25N5O. The minimum Gasteiger partial charge on any atom is -0.384 e. The first kappa shape index (κ1) is 15.0. The highest BCUT2D eigenvalue weighted by molar-refractivity contribution is 5.58. The number of nitrogens with zero attached hydrogens (tertiary/aromatic N) is 3. The molecule has 0 saturated carbocycles. The fourth-order valence-electron chi connectivity index (χ4n) is 2.79. The lowest BCUT2D eigenvalue weighted by atomic mass is 9.98. The van der Waals surface area contributed by atoms with Crippen molar-refractivity contribution >= 4 is 11.6 Å². The van der Waals surface area contributed by atoms with Gasteiger partial charge in [-0.2, -0.15) is 0 Å². The number of anilines is 2. The van der Waals surface area contributed by atoms with Crippen LogP contribution in [-0.2, 0) is 11.2 Å². The van der Waals surface area contributed by atoms with Gasteiger partial charge in [0.2, 0.25) is 0 Å². The number of hydrazine groups is 1. The molecule has 1 saturated heterocycles. The van der Waals surface area contributed by atoms with E-state index in [-0.39, 0.29) is 0 Å². The van der Waals surface area contributed by atoms with Crippen LogP contribution in [0, 0.1) is 12.8 Å². The maximum atomic E-state index is 5.57. The molecule has 0 spiro atoms. The molecule has 1 fully saturated rings. The SMILES string of the molecule is CCc1nc(NN)c(C)c(N2CCCC(COC)C2)n1. The largest absolute Gasteiger partial charge is 0.384 e. The van der Waals surface area contributed by atoms with Crippen LogP contribution < -0.4 is 16.2 Å². The van der Waals surface area contributed by atoms with E-state index in [9.17, 15) is 0 Å². The smallest absolute Gasteiger partial charge is 0.148 e. The van der Waals surface area contributed by atoms with Crippen LogP contribution in [-0.4, -0.2) is 36.8 Å². The summed E-state index contributed by atoms with van der Waals surface area (Å²) < 4.78 is 5.29. The molecule has 1 aliphatic rings. The van der Waals surface area contributed by atoms with Crippen LogP contribution in [0.25, 0.3) is 0 Å². The predicted molar refractivity (Wildman–Crippen MR) is 80.8 cm³/mol. The standard InChI is InChI=1S/C14H25N5O/c1-4-12-16-13(18-15)10(2)14(17-12)19-7-5-6-11(8-19)9-20-3/h11H,4-9,15H2,1-3H3,(H,16,17,18). The Morgan fingerprint density at radius 3 is 2.90 bits per heavy atom. The van der Waals surface area contributed by atoms with Gasteiger partial charge in [0.05, 0.1) is 6.61 Å². The number of ether oxygens (including phenoxy) is 1. The summed E-state index contributed by atoms with van der Waals surface area (Å²) in [6, 6.07) is 0. The van der Waals surface area contributed by atoms with Gasteiger partial charge < -0.3 is 15.1 Å². The molecule has 0 amide bonds. The number of methoxy groups -OCH3 is 1. The Morgan fingerprint density at radius 2 is 2.25 bits per heavy atom. The Hall–Kier alpha value is -1.40. The maximum Gasteiger partial charge on any atom is 0.148 e. The van der Waals surface area contributed by atoms with Gasteiger partial charge in [-0.05, 0) is 25.7 Å². The summed E-state index contributed by atoms with van der Waals surface area (Å²) in [5.74, 6) is 8.70. The number of nitrogens with one attached hydrogen (secondary N) is 1. The highest BCUT2D eigenvalue weighted by Crippen LogP contribution is 2.27. The van der Waals surface area contributed by atoms with E-state index in [1.165, 1.54) is 12.8 Å². The van der Waals surface area contributed by atoms with E-state index in [0.29, 0.717) is 5.92 Å². The first-order chi connectivity index (χ1) is 9.69. The monoisotopic (exact) mass is 279 g/mol. The van der Waals surface area contributed by atoms with E-state index in [1.54, 1.807) is 7.11 Å². The van der Waals surface area contributed by atoms with Crippen molar-refractivity contribution in [1.29, 1.82) is 0 Å². The second-order valence-corrected chi connectivity index (χ2v) is 5.34. The number of nitrogen functional groups attached to an aromatic ring is 1. The van der Waals surface area contributed by atoms with Crippen molar-refractivity contribution in [2.75, 3.05) is 37.1 Å². The van der Waals surface area contributed by atoms with Gasteiger partial charge in [0, 0.05) is 32.2 Å². The third-order valence-electron chi connectivity index (χ3n) is 3.84. The summed E-state index contributed by atoms with van der Waals surface area (Å²) in [5, 5.41) is 0. The lowest BCUT2D eigenvalue weighted by molar-refractivity contribution is 0.143. The zero-order valence-electron chi connectivity index (χ0n) is 12.6. The van der Waals surface area contributed by atoms with Crippen LogP contribution in [0.1, 0.15) is 31.2 Å². The van der Waals surface area contributed by atoms with Crippen molar-refractivity contribution in [2.45, 2.75) is 33.1 Å². The number of piperidine rings is 1. The number of nitrogens with two attached hydrogens (primary N) is 1. The molecule has 0 aliphatic carbocycles. The van der Waals surface area contributed by atoms with Crippen molar-refractivity contribution in [1.82, 2.24) is 9.97 Å². The Balaban J connectivity index is 2.26. The molecule has 1 unspecified atom stereocenters. The molecule has 2 heterocycles. The van der Waals surface area contributed by atoms with Gasteiger partial charge in [0.15, 0.2) is 0 Å². The van der Waals surface area contributed by atoms with Crippen molar-refractivity contribution < 1.29 is 4.74 Å². The lowest BCUT2D eigenvalue weighted by Gasteiger charge is -2.34. The molecule has 0 radical (unpaired) electrons. The van der Waals surface area contributed by atoms with Crippen LogP contribution in [0.3, 0.4) is 0 Å². The summed E-state index contributed by atoms with van der Waals surface area (Å²) in [6.07, 6.45) is 3.19.